The maximum Gasteiger partial charge on any atom is 0.274 e. The third-order valence-corrected chi connectivity index (χ3v) is 5.42. The first kappa shape index (κ1) is 21.3. The predicted molar refractivity (Wildman–Crippen MR) is 109 cm³/mol. The Morgan fingerprint density at radius 3 is 2.56 bits per heavy atom. The van der Waals surface area contributed by atoms with Crippen LogP contribution in [0.15, 0.2) is 37.3 Å². The molecule has 4 rings (SSSR count). The Kier molecular flexibility index (Phi) is 6.29. The minimum Gasteiger partial charge on any atom is -0.354 e. The molecule has 0 radical (unpaired) electrons. The summed E-state index contributed by atoms with van der Waals surface area (Å²) in [5.74, 6) is -1.58. The lowest BCUT2D eigenvalue weighted by molar-refractivity contribution is -0.133. The fraction of sp³-hybridized carbons (Fsp3) is 0.400. The second-order valence-corrected chi connectivity index (χ2v) is 7.48. The number of aromatic nitrogens is 4. The van der Waals surface area contributed by atoms with Gasteiger partial charge < -0.3 is 20.4 Å². The maximum absolute atomic E-state index is 13.2. The average molecular weight is 438 g/mol. The van der Waals surface area contributed by atoms with Crippen molar-refractivity contribution < 1.29 is 19.2 Å². The van der Waals surface area contributed by atoms with Gasteiger partial charge in [-0.15, -0.1) is 0 Å². The minimum atomic E-state index is -0.999. The summed E-state index contributed by atoms with van der Waals surface area (Å²) in [6, 6.07) is -1.68. The Morgan fingerprint density at radius 2 is 1.84 bits per heavy atom. The Labute approximate surface area is 183 Å². The molecule has 166 valence electrons. The smallest absolute Gasteiger partial charge is 0.274 e. The highest BCUT2D eigenvalue weighted by atomic mass is 16.2. The topological polar surface area (TPSA) is 150 Å². The summed E-state index contributed by atoms with van der Waals surface area (Å²) in [5, 5.41) is 5.45. The van der Waals surface area contributed by atoms with Crippen molar-refractivity contribution in [3.63, 3.8) is 0 Å². The predicted octanol–water partition coefficient (Wildman–Crippen LogP) is -1.37. The van der Waals surface area contributed by atoms with Crippen LogP contribution in [-0.2, 0) is 9.59 Å². The van der Waals surface area contributed by atoms with Crippen molar-refractivity contribution in [2.45, 2.75) is 24.9 Å². The number of carbonyl (C=O) groups excluding carboxylic acids is 4. The van der Waals surface area contributed by atoms with Gasteiger partial charge in [0.25, 0.3) is 11.8 Å². The summed E-state index contributed by atoms with van der Waals surface area (Å²) in [6.07, 6.45) is 9.52. The molecule has 2 aliphatic heterocycles. The molecule has 2 saturated heterocycles. The van der Waals surface area contributed by atoms with Crippen LogP contribution in [0.1, 0.15) is 33.7 Å². The van der Waals surface area contributed by atoms with E-state index >= 15 is 0 Å². The van der Waals surface area contributed by atoms with E-state index in [0.717, 1.165) is 6.42 Å². The lowest BCUT2D eigenvalue weighted by atomic mass is 10.0. The fourth-order valence-corrected chi connectivity index (χ4v) is 3.76. The highest BCUT2D eigenvalue weighted by Crippen LogP contribution is 2.16. The Morgan fingerprint density at radius 1 is 1.03 bits per heavy atom. The number of hydrogen-bond donors (Lipinski definition) is 2. The molecule has 0 aliphatic carbocycles. The molecule has 12 nitrogen and oxygen atoms in total. The second kappa shape index (κ2) is 9.45. The number of piperidine rings is 1. The Hall–Kier alpha value is -3.96. The molecule has 4 heterocycles. The lowest BCUT2D eigenvalue weighted by Crippen LogP contribution is -2.63. The van der Waals surface area contributed by atoms with Crippen LogP contribution < -0.4 is 10.6 Å². The monoisotopic (exact) mass is 438 g/mol. The molecule has 0 bridgehead atoms. The van der Waals surface area contributed by atoms with Crippen LogP contribution >= 0.6 is 0 Å². The number of nitrogens with one attached hydrogen (secondary N) is 2. The molecular formula is C20H22N8O4. The zero-order chi connectivity index (χ0) is 22.5. The van der Waals surface area contributed by atoms with Crippen molar-refractivity contribution in [3.05, 3.63) is 48.6 Å². The second-order valence-electron chi connectivity index (χ2n) is 7.48. The molecule has 2 aromatic heterocycles. The number of rotatable bonds is 4. The van der Waals surface area contributed by atoms with E-state index in [9.17, 15) is 19.2 Å². The van der Waals surface area contributed by atoms with E-state index in [1.54, 1.807) is 0 Å². The zero-order valence-corrected chi connectivity index (χ0v) is 17.2. The molecule has 2 atom stereocenters. The fourth-order valence-electron chi connectivity index (χ4n) is 3.76. The number of hydrogen-bond acceptors (Lipinski definition) is 8. The highest BCUT2D eigenvalue weighted by molar-refractivity contribution is 5.99. The molecule has 0 aromatic carbocycles. The van der Waals surface area contributed by atoms with E-state index in [0.29, 0.717) is 13.0 Å². The third-order valence-electron chi connectivity index (χ3n) is 5.42. The highest BCUT2D eigenvalue weighted by Gasteiger charge is 2.39. The quantitative estimate of drug-likeness (QED) is 0.593. The van der Waals surface area contributed by atoms with Crippen molar-refractivity contribution in [1.29, 1.82) is 0 Å². The van der Waals surface area contributed by atoms with Crippen LogP contribution in [0.4, 0.5) is 0 Å². The standard InChI is InChI=1S/C20H22N8O4/c29-17-14(2-1-3-25-17)26-18(30)16-11-27(19(31)13-8-22-12-23-9-13)6-7-28(16)20(32)15-10-21-4-5-24-15/h4-5,8-10,12,14,16H,1-3,6-7,11H2,(H,25,29)(H,26,30)/t14-,16-/m0/s1. The zero-order valence-electron chi connectivity index (χ0n) is 17.2. The molecule has 32 heavy (non-hydrogen) atoms. The molecular weight excluding hydrogens is 416 g/mol. The van der Waals surface area contributed by atoms with Gasteiger partial charge in [-0.2, -0.15) is 0 Å². The Balaban J connectivity index is 1.56. The van der Waals surface area contributed by atoms with Gasteiger partial charge in [0.2, 0.25) is 11.8 Å². The van der Waals surface area contributed by atoms with E-state index in [1.165, 1.54) is 47.1 Å². The van der Waals surface area contributed by atoms with Gasteiger partial charge >= 0.3 is 0 Å². The van der Waals surface area contributed by atoms with Crippen LogP contribution in [0.25, 0.3) is 0 Å². The molecule has 4 amide bonds. The molecule has 2 fully saturated rings. The van der Waals surface area contributed by atoms with Crippen LogP contribution in [-0.4, -0.2) is 91.6 Å². The molecule has 0 saturated carbocycles. The molecule has 2 aliphatic rings. The number of piperazine rings is 1. The molecule has 0 spiro atoms. The van der Waals surface area contributed by atoms with Crippen LogP contribution in [0.3, 0.4) is 0 Å². The van der Waals surface area contributed by atoms with Gasteiger partial charge in [-0.05, 0) is 12.8 Å². The van der Waals surface area contributed by atoms with E-state index in [1.807, 2.05) is 0 Å². The number of nitrogens with zero attached hydrogens (tertiary/aromatic N) is 6. The molecule has 2 aromatic rings. The van der Waals surface area contributed by atoms with Gasteiger partial charge in [0.05, 0.1) is 18.3 Å². The summed E-state index contributed by atoms with van der Waals surface area (Å²) < 4.78 is 0. The Bertz CT molecular complexity index is 1000. The van der Waals surface area contributed by atoms with Gasteiger partial charge in [-0.1, -0.05) is 0 Å². The largest absolute Gasteiger partial charge is 0.354 e. The average Bonchev–Trinajstić information content (AvgIpc) is 2.85. The summed E-state index contributed by atoms with van der Waals surface area (Å²) in [7, 11) is 0. The number of carbonyl (C=O) groups is 4. The van der Waals surface area contributed by atoms with Gasteiger partial charge in [0.15, 0.2) is 0 Å². The van der Waals surface area contributed by atoms with Gasteiger partial charge in [0.1, 0.15) is 24.1 Å². The van der Waals surface area contributed by atoms with E-state index in [2.05, 4.69) is 30.6 Å². The molecule has 12 heteroatoms. The first-order valence-electron chi connectivity index (χ1n) is 10.2. The van der Waals surface area contributed by atoms with Crippen molar-refractivity contribution >= 4 is 23.6 Å². The van der Waals surface area contributed by atoms with E-state index in [-0.39, 0.29) is 42.7 Å². The first-order valence-corrected chi connectivity index (χ1v) is 10.2. The van der Waals surface area contributed by atoms with E-state index in [4.69, 9.17) is 0 Å². The van der Waals surface area contributed by atoms with Gasteiger partial charge in [0, 0.05) is 44.4 Å². The summed E-state index contributed by atoms with van der Waals surface area (Å²) >= 11 is 0. The van der Waals surface area contributed by atoms with Crippen LogP contribution in [0.2, 0.25) is 0 Å². The lowest BCUT2D eigenvalue weighted by Gasteiger charge is -2.40. The van der Waals surface area contributed by atoms with Crippen molar-refractivity contribution in [2.24, 2.45) is 0 Å². The summed E-state index contributed by atoms with van der Waals surface area (Å²) in [6.45, 7) is 0.852. The minimum absolute atomic E-state index is 0.0418. The molecule has 0 unspecified atom stereocenters. The van der Waals surface area contributed by atoms with Crippen LogP contribution in [0, 0.1) is 0 Å². The van der Waals surface area contributed by atoms with Gasteiger partial charge in [-0.3, -0.25) is 24.2 Å². The van der Waals surface area contributed by atoms with Gasteiger partial charge in [-0.25, -0.2) is 15.0 Å². The third kappa shape index (κ3) is 4.53. The number of amides is 4. The molecule has 2 N–H and O–H groups in total. The van der Waals surface area contributed by atoms with Crippen molar-refractivity contribution in [2.75, 3.05) is 26.2 Å². The van der Waals surface area contributed by atoms with E-state index < -0.39 is 23.9 Å². The van der Waals surface area contributed by atoms with Crippen molar-refractivity contribution in [3.8, 4) is 0 Å². The van der Waals surface area contributed by atoms with Crippen LogP contribution in [0.5, 0.6) is 0 Å². The summed E-state index contributed by atoms with van der Waals surface area (Å²) in [4.78, 5) is 69.7. The first-order chi connectivity index (χ1) is 15.5. The summed E-state index contributed by atoms with van der Waals surface area (Å²) in [5.41, 5.74) is 0.379. The van der Waals surface area contributed by atoms with Crippen molar-refractivity contribution in [1.82, 2.24) is 40.4 Å². The SMILES string of the molecule is O=C1NCCC[C@@H]1NC(=O)[C@@H]1CN(C(=O)c2cncnc2)CCN1C(=O)c1cnccn1. The normalized spacial score (nSPS) is 20.9. The maximum atomic E-state index is 13.2.